The van der Waals surface area contributed by atoms with Crippen LogP contribution < -0.4 is 24.8 Å². The Hall–Kier alpha value is -4.40. The first-order chi connectivity index (χ1) is 23.9. The van der Waals surface area contributed by atoms with Crippen LogP contribution in [0.5, 0.6) is 0 Å². The van der Waals surface area contributed by atoms with Crippen molar-refractivity contribution in [3.05, 3.63) is 202 Å². The van der Waals surface area contributed by atoms with Crippen LogP contribution in [-0.4, -0.2) is 3.26 Å². The Balaban J connectivity index is 0.00000180. The molecule has 8 aromatic carbocycles. The Morgan fingerprint density at radius 2 is 0.980 bits per heavy atom. The molecule has 0 spiro atoms. The summed E-state index contributed by atoms with van der Waals surface area (Å²) >= 11 is -3.23. The second kappa shape index (κ2) is 13.4. The molecular formula is C47H32Cl2Hf. The first kappa shape index (κ1) is 32.8. The Labute approximate surface area is 312 Å². The van der Waals surface area contributed by atoms with E-state index in [4.69, 9.17) is 0 Å². The molecule has 0 heterocycles. The molecule has 10 rings (SSSR count). The molecule has 0 bridgehead atoms. The Bertz CT molecular complexity index is 2620. The van der Waals surface area contributed by atoms with Crippen LogP contribution in [0.1, 0.15) is 32.3 Å². The van der Waals surface area contributed by atoms with E-state index in [1.165, 1.54) is 70.9 Å². The third kappa shape index (κ3) is 5.02. The van der Waals surface area contributed by atoms with Gasteiger partial charge in [-0.25, -0.2) is 0 Å². The monoisotopic (exact) mass is 846 g/mol. The average Bonchev–Trinajstić information content (AvgIpc) is 3.81. The van der Waals surface area contributed by atoms with E-state index in [2.05, 4.69) is 176 Å². The second-order valence-corrected chi connectivity index (χ2v) is 22.2. The molecule has 0 saturated heterocycles. The fourth-order valence-electron chi connectivity index (χ4n) is 8.65. The first-order valence-electron chi connectivity index (χ1n) is 17.0. The van der Waals surface area contributed by atoms with Gasteiger partial charge < -0.3 is 24.8 Å². The van der Waals surface area contributed by atoms with Crippen LogP contribution in [0.15, 0.2) is 179 Å². The van der Waals surface area contributed by atoms with Crippen LogP contribution >= 0.6 is 0 Å². The SMILES string of the molecule is C1=CC[C]([Hf+2](=[C](c2cccc3ccccc23)c2cccc3ccccc23)[CH]2c3ccccc3-c3c2c2ccccc2c2ccccc32)=C1.[Cl-].[Cl-]. The molecule has 2 aliphatic carbocycles. The molecule has 2 aliphatic rings. The molecule has 0 radical (unpaired) electrons. The molecule has 1 unspecified atom stereocenters. The number of allylic oxidation sites excluding steroid dienone is 4. The van der Waals surface area contributed by atoms with Gasteiger partial charge in [-0.05, 0) is 0 Å². The summed E-state index contributed by atoms with van der Waals surface area (Å²) in [5.41, 5.74) is 8.77. The predicted octanol–water partition coefficient (Wildman–Crippen LogP) is 6.11. The van der Waals surface area contributed by atoms with Gasteiger partial charge >= 0.3 is 290 Å². The topological polar surface area (TPSA) is 0 Å². The second-order valence-electron chi connectivity index (χ2n) is 13.1. The van der Waals surface area contributed by atoms with Crippen molar-refractivity contribution in [2.45, 2.75) is 10.1 Å². The molecule has 0 saturated carbocycles. The van der Waals surface area contributed by atoms with Gasteiger partial charge in [-0.2, -0.15) is 0 Å². The van der Waals surface area contributed by atoms with E-state index in [-0.39, 0.29) is 24.8 Å². The number of benzene rings is 8. The number of fused-ring (bicyclic) bond motifs is 10. The molecule has 0 aromatic heterocycles. The molecule has 0 nitrogen and oxygen atoms in total. The maximum Gasteiger partial charge on any atom is -1.00 e. The van der Waals surface area contributed by atoms with E-state index < -0.39 is 21.0 Å². The molecule has 0 aliphatic heterocycles. The van der Waals surface area contributed by atoms with Crippen LogP contribution in [0.4, 0.5) is 0 Å². The minimum atomic E-state index is -3.23. The third-order valence-corrected chi connectivity index (χ3v) is 22.5. The van der Waals surface area contributed by atoms with Crippen molar-refractivity contribution in [3.63, 3.8) is 0 Å². The Morgan fingerprint density at radius 3 is 1.60 bits per heavy atom. The molecule has 1 atom stereocenters. The smallest absolute Gasteiger partial charge is 1.00 e. The van der Waals surface area contributed by atoms with Gasteiger partial charge in [0.15, 0.2) is 0 Å². The fourth-order valence-corrected chi connectivity index (χ4v) is 22.2. The zero-order chi connectivity index (χ0) is 31.6. The predicted molar refractivity (Wildman–Crippen MR) is 202 cm³/mol. The van der Waals surface area contributed by atoms with Gasteiger partial charge in [0.05, 0.1) is 0 Å². The van der Waals surface area contributed by atoms with Gasteiger partial charge in [0.2, 0.25) is 0 Å². The normalized spacial score (nSPS) is 14.1. The molecular weight excluding hydrogens is 814 g/mol. The summed E-state index contributed by atoms with van der Waals surface area (Å²) < 4.78 is 3.64. The third-order valence-electron chi connectivity index (χ3n) is 10.6. The summed E-state index contributed by atoms with van der Waals surface area (Å²) in [7, 11) is 0. The quantitative estimate of drug-likeness (QED) is 0.148. The number of hydrogen-bond acceptors (Lipinski definition) is 0. The summed E-state index contributed by atoms with van der Waals surface area (Å²) in [5, 5.41) is 10.8. The van der Waals surface area contributed by atoms with Gasteiger partial charge in [0, 0.05) is 0 Å². The zero-order valence-electron chi connectivity index (χ0n) is 27.3. The first-order valence-corrected chi connectivity index (χ1v) is 22.6. The van der Waals surface area contributed by atoms with Crippen LogP contribution in [0.25, 0.3) is 54.2 Å². The maximum absolute atomic E-state index is 3.23. The number of rotatable bonds is 4. The standard InChI is InChI=1S/C21H13.C21H14.C5H5.2ClH.Hf/c1-2-8-15-14(7-1)13-20-18-11-4-3-9-16(18)17-10-5-6-12-19(17)21(15)20;1-3-13-20-16(7-1)9-5-11-18(20)15-19-12-6-10-17-8-2-4-14-21(17)19;1-2-4-5-3-1;;;/h1-13H;1-14H;1-3H,4H2;2*1H;/q;;;;;+2/p-2. The summed E-state index contributed by atoms with van der Waals surface area (Å²) in [6.07, 6.45) is 8.26. The maximum atomic E-state index is 2.50. The number of halogens is 2. The van der Waals surface area contributed by atoms with E-state index in [0.717, 1.165) is 6.42 Å². The molecule has 0 amide bonds. The van der Waals surface area contributed by atoms with Crippen molar-refractivity contribution in [2.75, 3.05) is 0 Å². The molecule has 50 heavy (non-hydrogen) atoms. The molecule has 3 heteroatoms. The fraction of sp³-hybridized carbons (Fsp3) is 0.0426. The van der Waals surface area contributed by atoms with E-state index in [1.54, 1.807) is 12.1 Å². The van der Waals surface area contributed by atoms with Crippen molar-refractivity contribution >= 4 is 46.3 Å². The Kier molecular flexibility index (Phi) is 8.77. The summed E-state index contributed by atoms with van der Waals surface area (Å²) in [4.78, 5) is 0. The van der Waals surface area contributed by atoms with Crippen molar-refractivity contribution in [1.82, 2.24) is 0 Å². The minimum Gasteiger partial charge on any atom is -1.00 e. The summed E-state index contributed by atoms with van der Waals surface area (Å²) in [6.45, 7) is 0. The van der Waals surface area contributed by atoms with Crippen molar-refractivity contribution < 1.29 is 45.8 Å². The van der Waals surface area contributed by atoms with E-state index in [0.29, 0.717) is 3.67 Å². The van der Waals surface area contributed by atoms with E-state index in [1.807, 2.05) is 0 Å². The molecule has 0 N–H and O–H groups in total. The molecule has 0 fully saturated rings. The van der Waals surface area contributed by atoms with Crippen molar-refractivity contribution in [1.29, 1.82) is 0 Å². The average molecular weight is 846 g/mol. The van der Waals surface area contributed by atoms with Crippen LogP contribution in [0.2, 0.25) is 0 Å². The van der Waals surface area contributed by atoms with Gasteiger partial charge in [-0.3, -0.25) is 0 Å². The van der Waals surface area contributed by atoms with Gasteiger partial charge in [0.25, 0.3) is 0 Å². The summed E-state index contributed by atoms with van der Waals surface area (Å²) in [5.74, 6) is 0. The largest absolute Gasteiger partial charge is 1.00 e. The van der Waals surface area contributed by atoms with E-state index >= 15 is 0 Å². The van der Waals surface area contributed by atoms with E-state index in [9.17, 15) is 0 Å². The van der Waals surface area contributed by atoms with Crippen molar-refractivity contribution in [2.24, 2.45) is 0 Å². The minimum absolute atomic E-state index is 0. The van der Waals surface area contributed by atoms with Crippen molar-refractivity contribution in [3.8, 4) is 11.1 Å². The number of hydrogen-bond donors (Lipinski definition) is 0. The van der Waals surface area contributed by atoms with Gasteiger partial charge in [-0.15, -0.1) is 0 Å². The molecule has 8 aromatic rings. The van der Waals surface area contributed by atoms with Crippen LogP contribution in [0, 0.1) is 0 Å². The van der Waals surface area contributed by atoms with Gasteiger partial charge in [0.1, 0.15) is 0 Å². The zero-order valence-corrected chi connectivity index (χ0v) is 32.4. The van der Waals surface area contributed by atoms with Crippen LogP contribution in [-0.2, 0) is 21.0 Å². The van der Waals surface area contributed by atoms with Crippen LogP contribution in [0.3, 0.4) is 0 Å². The Morgan fingerprint density at radius 1 is 0.480 bits per heavy atom. The summed E-state index contributed by atoms with van der Waals surface area (Å²) in [6, 6.07) is 59.7. The molecule has 238 valence electrons. The van der Waals surface area contributed by atoms with Gasteiger partial charge in [-0.1, -0.05) is 0 Å².